The number of H-pyrrole nitrogens is 2. The first-order valence-corrected chi connectivity index (χ1v) is 9.41. The van der Waals surface area contributed by atoms with Crippen LogP contribution in [0.3, 0.4) is 0 Å². The standard InChI is InChI=1S/C20H21N5O6/c21-20-24-17-16(19(29)25-20)14(9-22-17)6-3-12-1-4-13(5-2-12)18(28)23-15(31-11-27)7-8-30-10-26/h1-2,4-5,9-11,15H,3,6-8H2,(H,23,28)(H4,21,22,24,25,29)/t15-/m1/s1. The second-order valence-electron chi connectivity index (χ2n) is 6.64. The Morgan fingerprint density at radius 3 is 2.68 bits per heavy atom. The molecule has 0 aliphatic rings. The van der Waals surface area contributed by atoms with Gasteiger partial charge < -0.3 is 25.5 Å². The van der Waals surface area contributed by atoms with Gasteiger partial charge in [0.25, 0.3) is 24.4 Å². The number of nitrogens with one attached hydrogen (secondary N) is 3. The molecule has 11 nitrogen and oxygen atoms in total. The Bertz CT molecular complexity index is 1120. The zero-order chi connectivity index (χ0) is 22.2. The summed E-state index contributed by atoms with van der Waals surface area (Å²) in [4.78, 5) is 54.8. The molecule has 0 fully saturated rings. The van der Waals surface area contributed by atoms with Crippen LogP contribution in [0.5, 0.6) is 0 Å². The first-order valence-electron chi connectivity index (χ1n) is 9.41. The monoisotopic (exact) mass is 427 g/mol. The average Bonchev–Trinajstić information content (AvgIpc) is 3.16. The topological polar surface area (TPSA) is 169 Å². The van der Waals surface area contributed by atoms with Gasteiger partial charge in [0, 0.05) is 18.2 Å². The van der Waals surface area contributed by atoms with Crippen LogP contribution < -0.4 is 16.6 Å². The minimum absolute atomic E-state index is 0.00000832. The van der Waals surface area contributed by atoms with Gasteiger partial charge in [-0.1, -0.05) is 12.1 Å². The van der Waals surface area contributed by atoms with Crippen LogP contribution in [0, 0.1) is 0 Å². The minimum Gasteiger partial charge on any atom is -0.468 e. The third-order valence-electron chi connectivity index (χ3n) is 4.62. The lowest BCUT2D eigenvalue weighted by Gasteiger charge is -2.16. The molecule has 2 aromatic heterocycles. The first-order chi connectivity index (χ1) is 15.0. The van der Waals surface area contributed by atoms with Crippen LogP contribution in [0.15, 0.2) is 35.3 Å². The van der Waals surface area contributed by atoms with E-state index in [4.69, 9.17) is 10.5 Å². The van der Waals surface area contributed by atoms with E-state index in [0.29, 0.717) is 29.4 Å². The van der Waals surface area contributed by atoms with Gasteiger partial charge in [0.15, 0.2) is 6.23 Å². The second-order valence-corrected chi connectivity index (χ2v) is 6.64. The van der Waals surface area contributed by atoms with Gasteiger partial charge in [-0.05, 0) is 36.1 Å². The maximum absolute atomic E-state index is 12.4. The number of carbonyl (C=O) groups is 3. The molecule has 1 aromatic carbocycles. The van der Waals surface area contributed by atoms with Crippen molar-refractivity contribution in [3.05, 3.63) is 57.5 Å². The van der Waals surface area contributed by atoms with Gasteiger partial charge in [-0.15, -0.1) is 0 Å². The maximum Gasteiger partial charge on any atom is 0.295 e. The number of nitrogen functional groups attached to an aromatic ring is 1. The maximum atomic E-state index is 12.4. The average molecular weight is 427 g/mol. The second kappa shape index (κ2) is 10.1. The van der Waals surface area contributed by atoms with Crippen LogP contribution in [0.2, 0.25) is 0 Å². The van der Waals surface area contributed by atoms with Gasteiger partial charge in [0.1, 0.15) is 5.65 Å². The molecular formula is C20H21N5O6. The molecule has 11 heteroatoms. The zero-order valence-electron chi connectivity index (χ0n) is 16.4. The molecule has 0 saturated carbocycles. The molecule has 5 N–H and O–H groups in total. The van der Waals surface area contributed by atoms with Crippen LogP contribution in [0.4, 0.5) is 5.95 Å². The molecule has 1 amide bonds. The Labute approximate surface area is 176 Å². The molecule has 0 aliphatic heterocycles. The number of aromatic amines is 2. The number of anilines is 1. The number of fused-ring (bicyclic) bond motifs is 1. The van der Waals surface area contributed by atoms with Gasteiger partial charge in [-0.3, -0.25) is 24.2 Å². The number of nitrogens with zero attached hydrogens (tertiary/aromatic N) is 1. The minimum atomic E-state index is -0.910. The van der Waals surface area contributed by atoms with Gasteiger partial charge in [-0.2, -0.15) is 4.98 Å². The highest BCUT2D eigenvalue weighted by Crippen LogP contribution is 2.16. The molecule has 0 radical (unpaired) electrons. The van der Waals surface area contributed by atoms with Crippen molar-refractivity contribution in [2.45, 2.75) is 25.5 Å². The molecule has 0 spiro atoms. The van der Waals surface area contributed by atoms with Crippen molar-refractivity contribution in [2.24, 2.45) is 0 Å². The predicted octanol–water partition coefficient (Wildman–Crippen LogP) is 0.411. The van der Waals surface area contributed by atoms with E-state index in [-0.39, 0.29) is 37.5 Å². The van der Waals surface area contributed by atoms with E-state index in [1.807, 2.05) is 0 Å². The summed E-state index contributed by atoms with van der Waals surface area (Å²) in [5, 5.41) is 3.03. The number of hydrogen-bond donors (Lipinski definition) is 4. The number of nitrogens with two attached hydrogens (primary N) is 1. The summed E-state index contributed by atoms with van der Waals surface area (Å²) >= 11 is 0. The third-order valence-corrected chi connectivity index (χ3v) is 4.62. The fourth-order valence-corrected chi connectivity index (χ4v) is 3.11. The van der Waals surface area contributed by atoms with Crippen molar-refractivity contribution < 1.29 is 23.9 Å². The van der Waals surface area contributed by atoms with Crippen LogP contribution >= 0.6 is 0 Å². The Kier molecular flexibility index (Phi) is 6.99. The lowest BCUT2D eigenvalue weighted by atomic mass is 10.0. The summed E-state index contributed by atoms with van der Waals surface area (Å²) in [5.41, 5.74) is 7.85. The van der Waals surface area contributed by atoms with Gasteiger partial charge in [-0.25, -0.2) is 0 Å². The highest BCUT2D eigenvalue weighted by Gasteiger charge is 2.15. The lowest BCUT2D eigenvalue weighted by Crippen LogP contribution is -2.37. The molecule has 1 atom stereocenters. The van der Waals surface area contributed by atoms with Crippen molar-refractivity contribution in [3.8, 4) is 0 Å². The van der Waals surface area contributed by atoms with Gasteiger partial charge in [0.2, 0.25) is 5.95 Å². The SMILES string of the molecule is Nc1nc2[nH]cc(CCc3ccc(C(=O)N[C@@H](CCOC=O)OC=O)cc3)c2c(=O)[nH]1. The number of hydrogen-bond acceptors (Lipinski definition) is 8. The number of aryl methyl sites for hydroxylation is 2. The largest absolute Gasteiger partial charge is 0.468 e. The molecule has 31 heavy (non-hydrogen) atoms. The Morgan fingerprint density at radius 2 is 1.97 bits per heavy atom. The molecule has 162 valence electrons. The molecule has 0 bridgehead atoms. The molecule has 2 heterocycles. The summed E-state index contributed by atoms with van der Waals surface area (Å²) in [6.45, 7) is 0.492. The van der Waals surface area contributed by atoms with E-state index in [0.717, 1.165) is 11.1 Å². The van der Waals surface area contributed by atoms with Crippen LogP contribution in [-0.4, -0.2) is 46.6 Å². The fourth-order valence-electron chi connectivity index (χ4n) is 3.11. The fraction of sp³-hybridized carbons (Fsp3) is 0.250. The third kappa shape index (κ3) is 5.47. The van der Waals surface area contributed by atoms with Crippen molar-refractivity contribution in [2.75, 3.05) is 12.3 Å². The molecule has 3 rings (SSSR count). The van der Waals surface area contributed by atoms with E-state index in [1.54, 1.807) is 30.5 Å². The van der Waals surface area contributed by atoms with Crippen molar-refractivity contribution in [1.29, 1.82) is 0 Å². The van der Waals surface area contributed by atoms with Crippen molar-refractivity contribution in [3.63, 3.8) is 0 Å². The highest BCUT2D eigenvalue weighted by molar-refractivity contribution is 5.94. The normalized spacial score (nSPS) is 11.6. The number of aromatic nitrogens is 3. The number of benzene rings is 1. The Hall–Kier alpha value is -4.15. The molecule has 3 aromatic rings. The van der Waals surface area contributed by atoms with E-state index >= 15 is 0 Å². The molecular weight excluding hydrogens is 406 g/mol. The smallest absolute Gasteiger partial charge is 0.295 e. The Morgan fingerprint density at radius 1 is 1.19 bits per heavy atom. The molecule has 0 aliphatic carbocycles. The highest BCUT2D eigenvalue weighted by atomic mass is 16.5. The quantitative estimate of drug-likeness (QED) is 0.194. The summed E-state index contributed by atoms with van der Waals surface area (Å²) in [6, 6.07) is 6.90. The van der Waals surface area contributed by atoms with E-state index in [1.165, 1.54) is 0 Å². The van der Waals surface area contributed by atoms with Crippen molar-refractivity contribution in [1.82, 2.24) is 20.3 Å². The van der Waals surface area contributed by atoms with Crippen LogP contribution in [-0.2, 0) is 31.9 Å². The van der Waals surface area contributed by atoms with Gasteiger partial charge >= 0.3 is 0 Å². The van der Waals surface area contributed by atoms with Crippen LogP contribution in [0.25, 0.3) is 11.0 Å². The predicted molar refractivity (Wildman–Crippen MR) is 110 cm³/mol. The van der Waals surface area contributed by atoms with Crippen LogP contribution in [0.1, 0.15) is 27.9 Å². The first kappa shape index (κ1) is 21.6. The van der Waals surface area contributed by atoms with E-state index < -0.39 is 12.1 Å². The number of rotatable bonds is 11. The summed E-state index contributed by atoms with van der Waals surface area (Å²) in [6.07, 6.45) is 2.18. The summed E-state index contributed by atoms with van der Waals surface area (Å²) < 4.78 is 9.33. The lowest BCUT2D eigenvalue weighted by molar-refractivity contribution is -0.136. The zero-order valence-corrected chi connectivity index (χ0v) is 16.4. The summed E-state index contributed by atoms with van der Waals surface area (Å²) in [5.74, 6) is -0.381. The Balaban J connectivity index is 1.61. The van der Waals surface area contributed by atoms with Gasteiger partial charge in [0.05, 0.1) is 12.0 Å². The molecule has 0 saturated heterocycles. The number of carbonyl (C=O) groups excluding carboxylic acids is 3. The van der Waals surface area contributed by atoms with E-state index in [9.17, 15) is 19.2 Å². The van der Waals surface area contributed by atoms with Crippen molar-refractivity contribution >= 4 is 35.8 Å². The summed E-state index contributed by atoms with van der Waals surface area (Å²) in [7, 11) is 0. The molecule has 0 unspecified atom stereocenters. The van der Waals surface area contributed by atoms with E-state index in [2.05, 4.69) is 25.0 Å². The number of amides is 1. The number of ether oxygens (including phenoxy) is 2.